The molecule has 0 bridgehead atoms. The average Bonchev–Trinajstić information content (AvgIpc) is 3.07. The summed E-state index contributed by atoms with van der Waals surface area (Å²) in [6.07, 6.45) is 10.2. The van der Waals surface area contributed by atoms with Crippen molar-refractivity contribution in [2.45, 2.75) is 65.7 Å². The van der Waals surface area contributed by atoms with Gasteiger partial charge in [-0.3, -0.25) is 9.97 Å². The quantitative estimate of drug-likeness (QED) is 0.0690. The molecular formula is C35H49Br3CsI6N2O5V2-3. The molecule has 0 aliphatic rings. The van der Waals surface area contributed by atoms with E-state index in [1.165, 1.54) is 6.42 Å². The molecule has 2 aromatic carbocycles. The molecule has 4 rings (SSSR count). The molecule has 0 fully saturated rings. The summed E-state index contributed by atoms with van der Waals surface area (Å²) in [7, 11) is 0.628. The van der Waals surface area contributed by atoms with Gasteiger partial charge in [-0.05, 0) is 97.1 Å². The van der Waals surface area contributed by atoms with Crippen LogP contribution in [0.1, 0.15) is 61.8 Å². The number of pyridine rings is 2. The minimum absolute atomic E-state index is 0. The number of alkyl halides is 1. The van der Waals surface area contributed by atoms with Crippen molar-refractivity contribution < 1.29 is 39.2 Å². The Kier molecular flexibility index (Phi) is 90.8. The predicted molar refractivity (Wildman–Crippen MR) is 290 cm³/mol. The number of hydrogen-bond acceptors (Lipinski definition) is 7. The normalized spacial score (nSPS) is 8.39. The SMILES string of the molecule is Brc1cncc(Br)c1.Brc1cncc(Oc2ccccc2)c1.C.C.CCC(C)I.O=[C-]OO.Oc1ccccc1.[CH2-]CC.[CH2-]CC.[Cs].[I][V]([I])[I].[I][V][I]. The molecule has 54 heavy (non-hydrogen) atoms. The van der Waals surface area contributed by atoms with Gasteiger partial charge in [0.2, 0.25) is 0 Å². The van der Waals surface area contributed by atoms with Crippen LogP contribution in [-0.4, -0.2) is 99.6 Å². The molecule has 0 aliphatic heterocycles. The summed E-state index contributed by atoms with van der Waals surface area (Å²) in [5.74, 6) is 1.86. The van der Waals surface area contributed by atoms with E-state index in [9.17, 15) is 0 Å². The van der Waals surface area contributed by atoms with Gasteiger partial charge in [-0.15, -0.1) is 0 Å². The van der Waals surface area contributed by atoms with Crippen LogP contribution in [0.4, 0.5) is 0 Å². The maximum atomic E-state index is 8.63. The predicted octanol–water partition coefficient (Wildman–Crippen LogP) is 17.2. The summed E-state index contributed by atoms with van der Waals surface area (Å²) in [5, 5.41) is 15.6. The number of phenolic OH excluding ortho intramolecular Hbond substituents is 1. The number of phenols is 1. The molecule has 2 heterocycles. The van der Waals surface area contributed by atoms with E-state index in [1.54, 1.807) is 49.1 Å². The van der Waals surface area contributed by atoms with E-state index in [2.05, 4.69) is 213 Å². The molecule has 2 N–H and O–H groups in total. The Hall–Kier alpha value is 4.81. The molecule has 1 atom stereocenters. The van der Waals surface area contributed by atoms with Gasteiger partial charge in [0.1, 0.15) is 17.2 Å². The Labute approximate surface area is 491 Å². The van der Waals surface area contributed by atoms with Crippen molar-refractivity contribution in [3.8, 4) is 17.2 Å². The number of benzene rings is 2. The van der Waals surface area contributed by atoms with Gasteiger partial charge in [0.05, 0.1) is 6.20 Å². The van der Waals surface area contributed by atoms with Gasteiger partial charge >= 0.3 is 114 Å². The van der Waals surface area contributed by atoms with Gasteiger partial charge in [0, 0.05) is 105 Å². The third-order valence-electron chi connectivity index (χ3n) is 3.69. The van der Waals surface area contributed by atoms with Crippen molar-refractivity contribution in [1.29, 1.82) is 0 Å². The number of para-hydroxylation sites is 2. The second-order valence-electron chi connectivity index (χ2n) is 8.03. The van der Waals surface area contributed by atoms with E-state index >= 15 is 0 Å². The van der Waals surface area contributed by atoms with Gasteiger partial charge < -0.3 is 33.4 Å². The maximum absolute atomic E-state index is 8.63. The number of halogens is 9. The fraction of sp³-hybridized carbons (Fsp3) is 0.286. The van der Waals surface area contributed by atoms with Crippen LogP contribution in [0.15, 0.2) is 111 Å². The number of ether oxygens (including phenoxy) is 1. The topological polar surface area (TPSA) is 102 Å². The number of nitrogens with zero attached hydrogens (tertiary/aromatic N) is 2. The monoisotopic (exact) mass is 1810 g/mol. The molecule has 19 heteroatoms. The van der Waals surface area contributed by atoms with E-state index in [4.69, 9.17) is 19.9 Å². The van der Waals surface area contributed by atoms with Gasteiger partial charge in [-0.2, -0.15) is 12.8 Å². The molecule has 1 unspecified atom stereocenters. The number of rotatable bonds is 4. The van der Waals surface area contributed by atoms with Crippen molar-refractivity contribution in [3.05, 3.63) is 125 Å². The van der Waals surface area contributed by atoms with E-state index in [1.807, 2.05) is 62.4 Å². The van der Waals surface area contributed by atoms with Crippen LogP contribution in [-0.2, 0) is 24.1 Å². The Bertz CT molecular complexity index is 1240. The molecule has 0 spiro atoms. The van der Waals surface area contributed by atoms with E-state index < -0.39 is 0 Å². The van der Waals surface area contributed by atoms with Crippen molar-refractivity contribution in [3.63, 3.8) is 0 Å². The first-order valence-corrected chi connectivity index (χ1v) is 40.3. The summed E-state index contributed by atoms with van der Waals surface area (Å²) in [6, 6.07) is 22.1. The molecule has 0 saturated heterocycles. The van der Waals surface area contributed by atoms with Crippen molar-refractivity contribution in [2.75, 3.05) is 0 Å². The Morgan fingerprint density at radius 2 is 1.09 bits per heavy atom. The standard InChI is InChI=1S/C11H8BrNO.C6H6O.C5H3Br2N.C4H9I.2C3H7.CHO3.2CH4.Cs.5HI.2V/c12-9-6-11(8-13-7-9)14-10-4-2-1-3-5-10;7-6-4-2-1-3-5-6;6-4-1-5(7)3-8-2-4;1-3-4(2)5;2*1-3-2;2-1-4-3;;;;;;;;;;/h1-8H;1-5,7H;1-3H;4H,3H2,1-2H3;2*1,3H2,2H3;3H;2*1H4;;5*1H;;/q;;;;3*-1;;;;;;;;;+2;+3/p-5. The number of aromatic hydroxyl groups is 1. The van der Waals surface area contributed by atoms with Crippen LogP contribution in [0.3, 0.4) is 0 Å². The second kappa shape index (κ2) is 64.4. The fourth-order valence-corrected chi connectivity index (χ4v) is 3.27. The van der Waals surface area contributed by atoms with Crippen LogP contribution in [0.25, 0.3) is 0 Å². The van der Waals surface area contributed by atoms with Crippen molar-refractivity contribution >= 4 is 246 Å². The first kappa shape index (κ1) is 76.1. The minimum atomic E-state index is -0.278. The zero-order chi connectivity index (χ0) is 40.3. The molecule has 0 saturated carbocycles. The number of hydrogen-bond donors (Lipinski definition) is 2. The first-order chi connectivity index (χ1) is 24.2. The van der Waals surface area contributed by atoms with Crippen LogP contribution in [0.5, 0.6) is 17.2 Å². The first-order valence-electron chi connectivity index (χ1n) is 14.1. The summed E-state index contributed by atoms with van der Waals surface area (Å²) in [6.45, 7) is 16.1. The second-order valence-corrected chi connectivity index (χ2v) is 60.1. The van der Waals surface area contributed by atoms with Crippen LogP contribution >= 0.6 is 170 Å². The molecular weight excluding hydrogens is 1760 g/mol. The Morgan fingerprint density at radius 3 is 1.31 bits per heavy atom. The zero-order valence-corrected chi connectivity index (χ0v) is 55.9. The summed E-state index contributed by atoms with van der Waals surface area (Å²) in [4.78, 5) is 18.9. The average molecular weight is 1810 g/mol. The van der Waals surface area contributed by atoms with Crippen molar-refractivity contribution in [1.82, 2.24) is 9.97 Å². The number of aromatic nitrogens is 2. The fourth-order valence-electron chi connectivity index (χ4n) is 1.89. The molecule has 1 radical (unpaired) electrons. The van der Waals surface area contributed by atoms with E-state index in [0.29, 0.717) is 15.2 Å². The summed E-state index contributed by atoms with van der Waals surface area (Å²) >= 11 is 24.4. The Morgan fingerprint density at radius 1 is 0.796 bits per heavy atom. The molecule has 2 aromatic heterocycles. The molecule has 0 amide bonds. The third kappa shape index (κ3) is 77.4. The van der Waals surface area contributed by atoms with E-state index in [-0.39, 0.29) is 88.7 Å². The van der Waals surface area contributed by atoms with Crippen molar-refractivity contribution in [2.24, 2.45) is 0 Å². The Balaban J connectivity index is -0.0000000780. The van der Waals surface area contributed by atoms with E-state index in [0.717, 1.165) is 48.2 Å². The summed E-state index contributed by atoms with van der Waals surface area (Å²) < 4.78 is 9.31. The molecule has 4 aromatic rings. The van der Waals surface area contributed by atoms with Gasteiger partial charge in [-0.1, -0.05) is 102 Å². The zero-order valence-electron chi connectivity index (χ0n) is 29.2. The van der Waals surface area contributed by atoms with Gasteiger partial charge in [-0.25, -0.2) is 5.26 Å². The van der Waals surface area contributed by atoms with Crippen LogP contribution < -0.4 is 4.74 Å². The number of carbonyl (C=O) groups excluding carboxylic acids is 1. The van der Waals surface area contributed by atoms with Gasteiger partial charge in [0.25, 0.3) is 0 Å². The molecule has 7 nitrogen and oxygen atoms in total. The molecule has 306 valence electrons. The van der Waals surface area contributed by atoms with Gasteiger partial charge in [0.15, 0.2) is 0 Å². The van der Waals surface area contributed by atoms with Crippen LogP contribution in [0, 0.1) is 13.8 Å². The third-order valence-corrected chi connectivity index (χ3v) is 5.87. The van der Waals surface area contributed by atoms with Crippen LogP contribution in [0.2, 0.25) is 0 Å². The molecule has 0 aliphatic carbocycles. The summed E-state index contributed by atoms with van der Waals surface area (Å²) in [5.41, 5.74) is 0.